The summed E-state index contributed by atoms with van der Waals surface area (Å²) >= 11 is 0. The number of carbonyl (C=O) groups is 1. The standard InChI is InChI=1S/C17H27FN4O/c1-3-10-20-16(23)9-12-22-17(19-4-2)21-11-8-14-6-5-7-15(18)13-14/h5-7,13H,3-4,8-12H2,1-2H3,(H,20,23)(H2,19,21,22). The van der Waals surface area contributed by atoms with E-state index in [1.165, 1.54) is 12.1 Å². The summed E-state index contributed by atoms with van der Waals surface area (Å²) in [5, 5.41) is 9.14. The van der Waals surface area contributed by atoms with Gasteiger partial charge in [-0.15, -0.1) is 0 Å². The van der Waals surface area contributed by atoms with Crippen LogP contribution in [0.4, 0.5) is 4.39 Å². The van der Waals surface area contributed by atoms with Crippen molar-refractivity contribution in [1.29, 1.82) is 0 Å². The fourth-order valence-electron chi connectivity index (χ4n) is 1.98. The highest BCUT2D eigenvalue weighted by atomic mass is 19.1. The minimum absolute atomic E-state index is 0.0196. The maximum absolute atomic E-state index is 13.1. The van der Waals surface area contributed by atoms with Gasteiger partial charge in [0.15, 0.2) is 5.96 Å². The molecule has 6 heteroatoms. The summed E-state index contributed by atoms with van der Waals surface area (Å²) in [6.45, 7) is 6.53. The van der Waals surface area contributed by atoms with Crippen molar-refractivity contribution in [2.24, 2.45) is 4.99 Å². The Balaban J connectivity index is 2.35. The third-order valence-electron chi connectivity index (χ3n) is 3.12. The molecule has 0 atom stereocenters. The summed E-state index contributed by atoms with van der Waals surface area (Å²) in [4.78, 5) is 15.9. The van der Waals surface area contributed by atoms with E-state index >= 15 is 0 Å². The number of amides is 1. The fraction of sp³-hybridized carbons (Fsp3) is 0.529. The first-order valence-corrected chi connectivity index (χ1v) is 8.19. The lowest BCUT2D eigenvalue weighted by Gasteiger charge is -2.11. The van der Waals surface area contributed by atoms with Crippen molar-refractivity contribution < 1.29 is 9.18 Å². The molecular formula is C17H27FN4O. The van der Waals surface area contributed by atoms with Crippen LogP contribution in [0.2, 0.25) is 0 Å². The third kappa shape index (κ3) is 8.80. The number of hydrogen-bond donors (Lipinski definition) is 3. The van der Waals surface area contributed by atoms with Gasteiger partial charge in [0.1, 0.15) is 5.82 Å². The van der Waals surface area contributed by atoms with Crippen molar-refractivity contribution >= 4 is 11.9 Å². The van der Waals surface area contributed by atoms with E-state index in [9.17, 15) is 9.18 Å². The van der Waals surface area contributed by atoms with Gasteiger partial charge < -0.3 is 16.0 Å². The molecule has 0 saturated heterocycles. The van der Waals surface area contributed by atoms with E-state index in [0.717, 1.165) is 18.5 Å². The number of guanidine groups is 1. The van der Waals surface area contributed by atoms with Gasteiger partial charge in [-0.1, -0.05) is 19.1 Å². The number of halogens is 1. The Labute approximate surface area is 137 Å². The molecule has 0 aromatic heterocycles. The van der Waals surface area contributed by atoms with Crippen molar-refractivity contribution in [3.8, 4) is 0 Å². The van der Waals surface area contributed by atoms with Crippen LogP contribution >= 0.6 is 0 Å². The zero-order valence-corrected chi connectivity index (χ0v) is 14.0. The Kier molecular flexibility index (Phi) is 9.43. The molecule has 0 radical (unpaired) electrons. The molecule has 5 nitrogen and oxygen atoms in total. The first-order chi connectivity index (χ1) is 11.2. The third-order valence-corrected chi connectivity index (χ3v) is 3.12. The number of rotatable bonds is 9. The summed E-state index contributed by atoms with van der Waals surface area (Å²) in [6, 6.07) is 6.57. The number of carbonyl (C=O) groups excluding carboxylic acids is 1. The largest absolute Gasteiger partial charge is 0.357 e. The first kappa shape index (κ1) is 18.9. The van der Waals surface area contributed by atoms with Crippen LogP contribution in [-0.4, -0.2) is 38.0 Å². The highest BCUT2D eigenvalue weighted by Crippen LogP contribution is 2.03. The summed E-state index contributed by atoms with van der Waals surface area (Å²) in [7, 11) is 0. The summed E-state index contributed by atoms with van der Waals surface area (Å²) in [6.07, 6.45) is 2.01. The fourth-order valence-corrected chi connectivity index (χ4v) is 1.98. The van der Waals surface area contributed by atoms with Gasteiger partial charge in [-0.25, -0.2) is 4.39 Å². The van der Waals surface area contributed by atoms with E-state index in [1.54, 1.807) is 6.07 Å². The highest BCUT2D eigenvalue weighted by Gasteiger charge is 2.01. The van der Waals surface area contributed by atoms with Gasteiger partial charge in [-0.05, 0) is 37.5 Å². The first-order valence-electron chi connectivity index (χ1n) is 8.19. The smallest absolute Gasteiger partial charge is 0.221 e. The SMILES string of the molecule is CCCNC(=O)CCN=C(NCC)NCCc1cccc(F)c1. The van der Waals surface area contributed by atoms with Crippen LogP contribution in [0.15, 0.2) is 29.3 Å². The molecule has 0 aliphatic carbocycles. The average molecular weight is 322 g/mol. The predicted octanol–water partition coefficient (Wildman–Crippen LogP) is 1.84. The molecule has 0 unspecified atom stereocenters. The van der Waals surface area contributed by atoms with Gasteiger partial charge in [0, 0.05) is 26.1 Å². The summed E-state index contributed by atoms with van der Waals surface area (Å²) in [5.41, 5.74) is 0.937. The number of nitrogens with zero attached hydrogens (tertiary/aromatic N) is 1. The molecule has 1 rings (SSSR count). The van der Waals surface area contributed by atoms with E-state index in [1.807, 2.05) is 19.9 Å². The van der Waals surface area contributed by atoms with Crippen LogP contribution in [0.1, 0.15) is 32.3 Å². The molecule has 0 heterocycles. The van der Waals surface area contributed by atoms with E-state index in [0.29, 0.717) is 38.4 Å². The van der Waals surface area contributed by atoms with E-state index < -0.39 is 0 Å². The minimum atomic E-state index is -0.221. The monoisotopic (exact) mass is 322 g/mol. The molecule has 0 aliphatic rings. The molecule has 23 heavy (non-hydrogen) atoms. The zero-order valence-electron chi connectivity index (χ0n) is 14.0. The Morgan fingerprint density at radius 3 is 2.70 bits per heavy atom. The lowest BCUT2D eigenvalue weighted by Crippen LogP contribution is -2.38. The molecular weight excluding hydrogens is 295 g/mol. The number of nitrogens with one attached hydrogen (secondary N) is 3. The van der Waals surface area contributed by atoms with Gasteiger partial charge in [-0.2, -0.15) is 0 Å². The maximum atomic E-state index is 13.1. The predicted molar refractivity (Wildman–Crippen MR) is 92.0 cm³/mol. The molecule has 128 valence electrons. The summed E-state index contributed by atoms with van der Waals surface area (Å²) in [5.74, 6) is 0.472. The number of aliphatic imine (C=N–C) groups is 1. The van der Waals surface area contributed by atoms with Crippen molar-refractivity contribution in [2.45, 2.75) is 33.1 Å². The van der Waals surface area contributed by atoms with E-state index in [-0.39, 0.29) is 11.7 Å². The van der Waals surface area contributed by atoms with Crippen LogP contribution in [0.5, 0.6) is 0 Å². The lowest BCUT2D eigenvalue weighted by molar-refractivity contribution is -0.120. The van der Waals surface area contributed by atoms with Crippen LogP contribution < -0.4 is 16.0 Å². The molecule has 0 spiro atoms. The molecule has 1 aromatic carbocycles. The van der Waals surface area contributed by atoms with Gasteiger partial charge in [0.05, 0.1) is 6.54 Å². The molecule has 1 aromatic rings. The van der Waals surface area contributed by atoms with Crippen molar-refractivity contribution in [3.63, 3.8) is 0 Å². The van der Waals surface area contributed by atoms with Crippen molar-refractivity contribution in [2.75, 3.05) is 26.2 Å². The van der Waals surface area contributed by atoms with E-state index in [2.05, 4.69) is 20.9 Å². The molecule has 0 saturated carbocycles. The van der Waals surface area contributed by atoms with Gasteiger partial charge >= 0.3 is 0 Å². The maximum Gasteiger partial charge on any atom is 0.221 e. The topological polar surface area (TPSA) is 65.5 Å². The van der Waals surface area contributed by atoms with Crippen LogP contribution in [-0.2, 0) is 11.2 Å². The van der Waals surface area contributed by atoms with Crippen molar-refractivity contribution in [1.82, 2.24) is 16.0 Å². The van der Waals surface area contributed by atoms with E-state index in [4.69, 9.17) is 0 Å². The molecule has 1 amide bonds. The van der Waals surface area contributed by atoms with Gasteiger partial charge in [-0.3, -0.25) is 9.79 Å². The van der Waals surface area contributed by atoms with Crippen LogP contribution in [0, 0.1) is 5.82 Å². The quantitative estimate of drug-likeness (QED) is 0.480. The number of benzene rings is 1. The zero-order chi connectivity index (χ0) is 16.9. The Hall–Kier alpha value is -2.11. The molecule has 0 fully saturated rings. The Morgan fingerprint density at radius 1 is 1.17 bits per heavy atom. The molecule has 3 N–H and O–H groups in total. The molecule has 0 bridgehead atoms. The second kappa shape index (κ2) is 11.5. The van der Waals surface area contributed by atoms with Gasteiger partial charge in [0.2, 0.25) is 5.91 Å². The second-order valence-corrected chi connectivity index (χ2v) is 5.17. The molecule has 0 aliphatic heterocycles. The minimum Gasteiger partial charge on any atom is -0.357 e. The van der Waals surface area contributed by atoms with Gasteiger partial charge in [0.25, 0.3) is 0 Å². The highest BCUT2D eigenvalue weighted by molar-refractivity contribution is 5.80. The Bertz CT molecular complexity index is 505. The van der Waals surface area contributed by atoms with Crippen LogP contribution in [0.25, 0.3) is 0 Å². The average Bonchev–Trinajstić information content (AvgIpc) is 2.53. The second-order valence-electron chi connectivity index (χ2n) is 5.17. The summed E-state index contributed by atoms with van der Waals surface area (Å²) < 4.78 is 13.1. The van der Waals surface area contributed by atoms with Crippen LogP contribution in [0.3, 0.4) is 0 Å². The number of hydrogen-bond acceptors (Lipinski definition) is 2. The van der Waals surface area contributed by atoms with Crippen molar-refractivity contribution in [3.05, 3.63) is 35.6 Å². The normalized spacial score (nSPS) is 11.2. The Morgan fingerprint density at radius 2 is 2.00 bits per heavy atom. The lowest BCUT2D eigenvalue weighted by atomic mass is 10.1.